The molecule has 0 aliphatic rings. The average molecular weight is 396 g/mol. The lowest BCUT2D eigenvalue weighted by Crippen LogP contribution is -2.32. The van der Waals surface area contributed by atoms with Crippen LogP contribution in [0.25, 0.3) is 11.0 Å². The lowest BCUT2D eigenvalue weighted by molar-refractivity contribution is -0.384. The van der Waals surface area contributed by atoms with Crippen molar-refractivity contribution in [3.8, 4) is 0 Å². The molecule has 3 rings (SSSR count). The van der Waals surface area contributed by atoms with Crippen LogP contribution in [0, 0.1) is 10.1 Å². The van der Waals surface area contributed by atoms with Crippen molar-refractivity contribution in [3.05, 3.63) is 74.6 Å². The van der Waals surface area contributed by atoms with Crippen molar-refractivity contribution in [2.75, 3.05) is 5.32 Å². The number of carbonyl (C=O) groups excluding carboxylic acids is 1. The van der Waals surface area contributed by atoms with E-state index < -0.39 is 22.2 Å². The van der Waals surface area contributed by atoms with Crippen LogP contribution in [0.5, 0.6) is 0 Å². The highest BCUT2D eigenvalue weighted by Crippen LogP contribution is 2.20. The molecule has 1 N–H and O–H groups in total. The van der Waals surface area contributed by atoms with Gasteiger partial charge >= 0.3 is 6.09 Å². The van der Waals surface area contributed by atoms with Gasteiger partial charge in [-0.25, -0.2) is 9.78 Å². The highest BCUT2D eigenvalue weighted by molar-refractivity contribution is 5.86. The number of hydrogen-bond donors (Lipinski definition) is 1. The Labute approximate surface area is 166 Å². The summed E-state index contributed by atoms with van der Waals surface area (Å²) in [6, 6.07) is 13.3. The summed E-state index contributed by atoms with van der Waals surface area (Å²) in [5, 5.41) is 13.5. The molecule has 150 valence electrons. The maximum atomic E-state index is 13.0. The fourth-order valence-corrected chi connectivity index (χ4v) is 2.75. The predicted molar refractivity (Wildman–Crippen MR) is 108 cm³/mol. The standard InChI is InChI=1S/C20H20N4O5/c1-20(2,3)29-19(26)22-17-18(25)23(12-13-7-5-4-6-8-13)16-10-9-14(24(27)28)11-15(16)21-17/h4-11H,12H2,1-3H3,(H,21,22,26). The molecule has 0 fully saturated rings. The molecule has 0 saturated heterocycles. The smallest absolute Gasteiger partial charge is 0.413 e. The summed E-state index contributed by atoms with van der Waals surface area (Å²) < 4.78 is 6.59. The van der Waals surface area contributed by atoms with E-state index in [0.29, 0.717) is 5.52 Å². The van der Waals surface area contributed by atoms with Gasteiger partial charge in [-0.15, -0.1) is 0 Å². The zero-order valence-corrected chi connectivity index (χ0v) is 16.2. The highest BCUT2D eigenvalue weighted by Gasteiger charge is 2.20. The van der Waals surface area contributed by atoms with E-state index in [1.165, 1.54) is 22.8 Å². The van der Waals surface area contributed by atoms with E-state index in [1.54, 1.807) is 20.8 Å². The van der Waals surface area contributed by atoms with Crippen LogP contribution < -0.4 is 10.9 Å². The topological polar surface area (TPSA) is 116 Å². The Balaban J connectivity index is 2.12. The van der Waals surface area contributed by atoms with E-state index in [-0.39, 0.29) is 23.6 Å². The zero-order chi connectivity index (χ0) is 21.2. The number of benzene rings is 2. The Kier molecular flexibility index (Phi) is 5.31. The van der Waals surface area contributed by atoms with E-state index in [9.17, 15) is 19.7 Å². The van der Waals surface area contributed by atoms with Crippen LogP contribution in [0.15, 0.2) is 53.3 Å². The zero-order valence-electron chi connectivity index (χ0n) is 16.2. The Morgan fingerprint density at radius 3 is 2.52 bits per heavy atom. The van der Waals surface area contributed by atoms with Gasteiger partial charge in [0.15, 0.2) is 0 Å². The molecule has 2 aromatic carbocycles. The summed E-state index contributed by atoms with van der Waals surface area (Å²) in [4.78, 5) is 39.9. The van der Waals surface area contributed by atoms with E-state index in [0.717, 1.165) is 5.56 Å². The lowest BCUT2D eigenvalue weighted by atomic mass is 10.2. The average Bonchev–Trinajstić information content (AvgIpc) is 2.64. The molecular weight excluding hydrogens is 376 g/mol. The third-order valence-electron chi connectivity index (χ3n) is 3.94. The first-order valence-electron chi connectivity index (χ1n) is 8.87. The molecule has 3 aromatic rings. The molecule has 1 aromatic heterocycles. The van der Waals surface area contributed by atoms with Crippen LogP contribution in [-0.4, -0.2) is 26.2 Å². The van der Waals surface area contributed by atoms with Crippen LogP contribution in [-0.2, 0) is 11.3 Å². The number of aromatic nitrogens is 2. The number of nitro benzene ring substituents is 1. The van der Waals surface area contributed by atoms with Crippen LogP contribution in [0.3, 0.4) is 0 Å². The number of hydrogen-bond acceptors (Lipinski definition) is 6. The van der Waals surface area contributed by atoms with Gasteiger partial charge in [-0.05, 0) is 32.4 Å². The second-order valence-corrected chi connectivity index (χ2v) is 7.39. The number of nitro groups is 1. The quantitative estimate of drug-likeness (QED) is 0.531. The summed E-state index contributed by atoms with van der Waals surface area (Å²) >= 11 is 0. The van der Waals surface area contributed by atoms with Crippen molar-refractivity contribution < 1.29 is 14.5 Å². The Bertz CT molecular complexity index is 1130. The molecule has 1 amide bonds. The van der Waals surface area contributed by atoms with Gasteiger partial charge in [0.05, 0.1) is 22.5 Å². The molecule has 0 aliphatic heterocycles. The number of non-ortho nitro benzene ring substituents is 1. The van der Waals surface area contributed by atoms with Crippen LogP contribution in [0.1, 0.15) is 26.3 Å². The SMILES string of the molecule is CC(C)(C)OC(=O)Nc1nc2cc([N+](=O)[O-])ccc2n(Cc2ccccc2)c1=O. The van der Waals surface area contributed by atoms with Crippen LogP contribution in [0.4, 0.5) is 16.3 Å². The van der Waals surface area contributed by atoms with Gasteiger partial charge in [-0.3, -0.25) is 24.8 Å². The van der Waals surface area contributed by atoms with Gasteiger partial charge in [-0.2, -0.15) is 0 Å². The molecule has 9 nitrogen and oxygen atoms in total. The first-order chi connectivity index (χ1) is 13.6. The van der Waals surface area contributed by atoms with Crippen molar-refractivity contribution in [1.82, 2.24) is 9.55 Å². The van der Waals surface area contributed by atoms with Gasteiger partial charge in [0.2, 0.25) is 5.82 Å². The Morgan fingerprint density at radius 2 is 1.90 bits per heavy atom. The minimum Gasteiger partial charge on any atom is -0.444 e. The molecule has 0 atom stereocenters. The molecular formula is C20H20N4O5. The maximum Gasteiger partial charge on any atom is 0.413 e. The molecule has 0 spiro atoms. The van der Waals surface area contributed by atoms with E-state index in [4.69, 9.17) is 4.74 Å². The summed E-state index contributed by atoms with van der Waals surface area (Å²) in [5.74, 6) is -0.261. The lowest BCUT2D eigenvalue weighted by Gasteiger charge is -2.19. The third kappa shape index (κ3) is 4.75. The van der Waals surface area contributed by atoms with Crippen molar-refractivity contribution in [1.29, 1.82) is 0 Å². The fraction of sp³-hybridized carbons (Fsp3) is 0.250. The number of nitrogens with zero attached hydrogens (tertiary/aromatic N) is 3. The number of nitrogens with one attached hydrogen (secondary N) is 1. The molecule has 29 heavy (non-hydrogen) atoms. The number of anilines is 1. The molecule has 0 saturated carbocycles. The van der Waals surface area contributed by atoms with E-state index >= 15 is 0 Å². The van der Waals surface area contributed by atoms with Gasteiger partial charge < -0.3 is 4.74 Å². The summed E-state index contributed by atoms with van der Waals surface area (Å²) in [7, 11) is 0. The maximum absolute atomic E-state index is 13.0. The molecule has 9 heteroatoms. The summed E-state index contributed by atoms with van der Waals surface area (Å²) in [6.07, 6.45) is -0.835. The number of amides is 1. The Morgan fingerprint density at radius 1 is 1.21 bits per heavy atom. The number of carbonyl (C=O) groups is 1. The highest BCUT2D eigenvalue weighted by atomic mass is 16.6. The number of ether oxygens (including phenoxy) is 1. The van der Waals surface area contributed by atoms with Crippen molar-refractivity contribution in [2.24, 2.45) is 0 Å². The largest absolute Gasteiger partial charge is 0.444 e. The molecule has 0 aliphatic carbocycles. The molecule has 0 radical (unpaired) electrons. The van der Waals surface area contributed by atoms with E-state index in [1.807, 2.05) is 30.3 Å². The molecule has 0 bridgehead atoms. The van der Waals surface area contributed by atoms with Gasteiger partial charge in [-0.1, -0.05) is 30.3 Å². The normalized spacial score (nSPS) is 11.3. The van der Waals surface area contributed by atoms with Crippen LogP contribution >= 0.6 is 0 Å². The minimum atomic E-state index is -0.835. The van der Waals surface area contributed by atoms with E-state index in [2.05, 4.69) is 10.3 Å². The summed E-state index contributed by atoms with van der Waals surface area (Å²) in [6.45, 7) is 5.28. The first-order valence-corrected chi connectivity index (χ1v) is 8.87. The monoisotopic (exact) mass is 396 g/mol. The van der Waals surface area contributed by atoms with Crippen molar-refractivity contribution >= 4 is 28.6 Å². The van der Waals surface area contributed by atoms with Crippen molar-refractivity contribution in [3.63, 3.8) is 0 Å². The van der Waals surface area contributed by atoms with Crippen molar-refractivity contribution in [2.45, 2.75) is 32.9 Å². The molecule has 0 unspecified atom stereocenters. The third-order valence-corrected chi connectivity index (χ3v) is 3.94. The van der Waals surface area contributed by atoms with Gasteiger partial charge in [0.1, 0.15) is 5.60 Å². The second-order valence-electron chi connectivity index (χ2n) is 7.39. The van der Waals surface area contributed by atoms with Gasteiger partial charge in [0.25, 0.3) is 11.2 Å². The Hall–Kier alpha value is -3.75. The fourth-order valence-electron chi connectivity index (χ4n) is 2.75. The number of fused-ring (bicyclic) bond motifs is 1. The second kappa shape index (κ2) is 7.70. The first kappa shape index (κ1) is 20.0. The minimum absolute atomic E-state index is 0.168. The van der Waals surface area contributed by atoms with Crippen LogP contribution in [0.2, 0.25) is 0 Å². The predicted octanol–water partition coefficient (Wildman–Crippen LogP) is 3.70. The number of rotatable bonds is 4. The van der Waals surface area contributed by atoms with Gasteiger partial charge in [0, 0.05) is 12.1 Å². The summed E-state index contributed by atoms with van der Waals surface area (Å²) in [5.41, 5.74) is 0.00539. The molecule has 1 heterocycles.